The smallest absolute Gasteiger partial charge is 0.134 e. The summed E-state index contributed by atoms with van der Waals surface area (Å²) < 4.78 is 1.86. The zero-order valence-corrected chi connectivity index (χ0v) is 16.6. The molecular weight excluding hydrogens is 346 g/mol. The first kappa shape index (κ1) is 18.3. The van der Waals surface area contributed by atoms with Crippen molar-refractivity contribution in [1.82, 2.24) is 20.4 Å². The molecule has 5 heteroatoms. The van der Waals surface area contributed by atoms with Gasteiger partial charge in [0.05, 0.1) is 0 Å². The van der Waals surface area contributed by atoms with Crippen LogP contribution in [0.1, 0.15) is 43.4 Å². The van der Waals surface area contributed by atoms with E-state index in [9.17, 15) is 0 Å². The summed E-state index contributed by atoms with van der Waals surface area (Å²) in [5.74, 6) is 1.37. The molecule has 5 nitrogen and oxygen atoms in total. The monoisotopic (exact) mass is 372 g/mol. The molecular formula is C23H26N5-. The van der Waals surface area contributed by atoms with Crippen LogP contribution in [0.2, 0.25) is 0 Å². The van der Waals surface area contributed by atoms with E-state index in [4.69, 9.17) is 4.99 Å². The third-order valence-corrected chi connectivity index (χ3v) is 5.06. The van der Waals surface area contributed by atoms with Crippen molar-refractivity contribution >= 4 is 5.84 Å². The van der Waals surface area contributed by atoms with Gasteiger partial charge < -0.3 is 15.1 Å². The SMILES string of the molecule is CC1=CNC(c2ccccc2C(C)C)=NC1NCc1ccc(-n2cc[n-]2)cc1. The van der Waals surface area contributed by atoms with Gasteiger partial charge >= 0.3 is 0 Å². The van der Waals surface area contributed by atoms with E-state index < -0.39 is 0 Å². The Hall–Kier alpha value is -3.05. The van der Waals surface area contributed by atoms with Gasteiger partial charge in [0.1, 0.15) is 12.0 Å². The van der Waals surface area contributed by atoms with Crippen molar-refractivity contribution in [2.24, 2.45) is 4.99 Å². The number of aromatic nitrogens is 2. The molecule has 0 radical (unpaired) electrons. The van der Waals surface area contributed by atoms with Crippen molar-refractivity contribution < 1.29 is 0 Å². The zero-order chi connectivity index (χ0) is 19.5. The Bertz CT molecular complexity index is 979. The second kappa shape index (κ2) is 7.90. The van der Waals surface area contributed by atoms with Crippen molar-refractivity contribution in [2.45, 2.75) is 39.4 Å². The Morgan fingerprint density at radius 3 is 2.57 bits per heavy atom. The first-order chi connectivity index (χ1) is 13.6. The topological polar surface area (TPSA) is 55.5 Å². The maximum atomic E-state index is 4.95. The van der Waals surface area contributed by atoms with E-state index in [1.807, 2.05) is 10.9 Å². The predicted molar refractivity (Wildman–Crippen MR) is 114 cm³/mol. The summed E-state index contributed by atoms with van der Waals surface area (Å²) in [5, 5.41) is 11.1. The van der Waals surface area contributed by atoms with Gasteiger partial charge in [-0.1, -0.05) is 50.2 Å². The van der Waals surface area contributed by atoms with Crippen molar-refractivity contribution in [3.63, 3.8) is 0 Å². The van der Waals surface area contributed by atoms with Gasteiger partial charge in [0.15, 0.2) is 0 Å². The van der Waals surface area contributed by atoms with E-state index >= 15 is 0 Å². The summed E-state index contributed by atoms with van der Waals surface area (Å²) in [7, 11) is 0. The molecule has 3 aromatic rings. The minimum atomic E-state index is -0.0375. The minimum Gasteiger partial charge on any atom is -0.596 e. The van der Waals surface area contributed by atoms with E-state index in [1.165, 1.54) is 22.3 Å². The molecule has 1 aromatic heterocycles. The van der Waals surface area contributed by atoms with Crippen LogP contribution in [0.5, 0.6) is 0 Å². The van der Waals surface area contributed by atoms with Crippen LogP contribution in [0.15, 0.2) is 77.7 Å². The number of hydrogen-bond acceptors (Lipinski definition) is 3. The molecule has 0 saturated heterocycles. The van der Waals surface area contributed by atoms with Gasteiger partial charge in [-0.3, -0.25) is 5.32 Å². The van der Waals surface area contributed by atoms with E-state index in [1.54, 1.807) is 6.20 Å². The lowest BCUT2D eigenvalue weighted by molar-refractivity contribution is 0.579. The lowest BCUT2D eigenvalue weighted by atomic mass is 9.96. The van der Waals surface area contributed by atoms with E-state index in [2.05, 4.69) is 91.2 Å². The van der Waals surface area contributed by atoms with E-state index in [0.717, 1.165) is 18.1 Å². The molecule has 0 saturated carbocycles. The molecule has 1 unspecified atom stereocenters. The minimum absolute atomic E-state index is 0.0375. The second-order valence-electron chi connectivity index (χ2n) is 7.46. The molecule has 0 aliphatic carbocycles. The van der Waals surface area contributed by atoms with Crippen molar-refractivity contribution in [3.8, 4) is 5.69 Å². The van der Waals surface area contributed by atoms with Crippen LogP contribution in [0.3, 0.4) is 0 Å². The van der Waals surface area contributed by atoms with Crippen LogP contribution < -0.4 is 15.7 Å². The van der Waals surface area contributed by atoms with Crippen LogP contribution in [-0.4, -0.2) is 16.7 Å². The highest BCUT2D eigenvalue weighted by atomic mass is 15.3. The average Bonchev–Trinajstić information content (AvgIpc) is 2.67. The third kappa shape index (κ3) is 3.80. The fraction of sp³-hybridized carbons (Fsp3) is 0.261. The third-order valence-electron chi connectivity index (χ3n) is 5.06. The summed E-state index contributed by atoms with van der Waals surface area (Å²) in [4.78, 5) is 4.95. The number of hydrogen-bond donors (Lipinski definition) is 2. The number of nitrogens with one attached hydrogen (secondary N) is 2. The lowest BCUT2D eigenvalue weighted by Gasteiger charge is -2.24. The molecule has 144 valence electrons. The average molecular weight is 372 g/mol. The van der Waals surface area contributed by atoms with Crippen molar-refractivity contribution in [3.05, 3.63) is 89.4 Å². The van der Waals surface area contributed by atoms with Gasteiger partial charge in [0, 0.05) is 24.0 Å². The highest BCUT2D eigenvalue weighted by Crippen LogP contribution is 2.21. The summed E-state index contributed by atoms with van der Waals surface area (Å²) >= 11 is 0. The van der Waals surface area contributed by atoms with Crippen molar-refractivity contribution in [2.75, 3.05) is 0 Å². The quantitative estimate of drug-likeness (QED) is 0.689. The van der Waals surface area contributed by atoms with Crippen LogP contribution in [0, 0.1) is 0 Å². The Morgan fingerprint density at radius 1 is 1.14 bits per heavy atom. The molecule has 2 aromatic carbocycles. The maximum absolute atomic E-state index is 4.95. The second-order valence-corrected chi connectivity index (χ2v) is 7.46. The fourth-order valence-corrected chi connectivity index (χ4v) is 3.37. The molecule has 2 N–H and O–H groups in total. The highest BCUT2D eigenvalue weighted by Gasteiger charge is 2.18. The predicted octanol–water partition coefficient (Wildman–Crippen LogP) is 3.93. The number of rotatable bonds is 6. The molecule has 0 bridgehead atoms. The Kier molecular flexibility index (Phi) is 5.17. The first-order valence-electron chi connectivity index (χ1n) is 9.71. The van der Waals surface area contributed by atoms with Gasteiger partial charge in [0.2, 0.25) is 0 Å². The van der Waals surface area contributed by atoms with Gasteiger partial charge in [-0.2, -0.15) is 0 Å². The molecule has 1 atom stereocenters. The maximum Gasteiger partial charge on any atom is 0.134 e. The van der Waals surface area contributed by atoms with Gasteiger partial charge in [-0.15, -0.1) is 6.20 Å². The molecule has 4 rings (SSSR count). The summed E-state index contributed by atoms with van der Waals surface area (Å²) in [6, 6.07) is 16.9. The summed E-state index contributed by atoms with van der Waals surface area (Å²) in [5.41, 5.74) is 5.95. The Labute approximate surface area is 166 Å². The van der Waals surface area contributed by atoms with Crippen LogP contribution in [0.25, 0.3) is 5.69 Å². The largest absolute Gasteiger partial charge is 0.596 e. The summed E-state index contributed by atoms with van der Waals surface area (Å²) in [6.45, 7) is 7.28. The first-order valence-corrected chi connectivity index (χ1v) is 9.71. The lowest BCUT2D eigenvalue weighted by Crippen LogP contribution is -2.36. The normalized spacial score (nSPS) is 16.6. The Morgan fingerprint density at radius 2 is 1.89 bits per heavy atom. The molecule has 1 aliphatic rings. The molecule has 2 heterocycles. The Balaban J connectivity index is 1.48. The van der Waals surface area contributed by atoms with Crippen LogP contribution in [0.4, 0.5) is 0 Å². The van der Waals surface area contributed by atoms with Gasteiger partial charge in [0.25, 0.3) is 0 Å². The molecule has 0 fully saturated rings. The summed E-state index contributed by atoms with van der Waals surface area (Å²) in [6.07, 6.45) is 5.75. The standard InChI is InChI=1S/C23H26N5/c1-16(2)20-6-4-5-7-21(20)23-24-14-17(3)22(27-23)25-15-18-8-10-19(11-9-18)28-13-12-26-28/h4-14,16,22,25H,15H2,1-3H3,(H,24,27)/q-1. The number of benzene rings is 2. The van der Waals surface area contributed by atoms with Crippen molar-refractivity contribution in [1.29, 1.82) is 0 Å². The van der Waals surface area contributed by atoms with Crippen LogP contribution in [-0.2, 0) is 6.54 Å². The van der Waals surface area contributed by atoms with Gasteiger partial charge in [-0.05, 0) is 47.9 Å². The number of aliphatic imine (C=N–C) groups is 1. The van der Waals surface area contributed by atoms with Gasteiger partial charge in [-0.25, -0.2) is 4.99 Å². The van der Waals surface area contributed by atoms with E-state index in [0.29, 0.717) is 5.92 Å². The number of amidine groups is 1. The molecule has 28 heavy (non-hydrogen) atoms. The molecule has 0 spiro atoms. The van der Waals surface area contributed by atoms with Crippen LogP contribution >= 0.6 is 0 Å². The van der Waals surface area contributed by atoms with E-state index in [-0.39, 0.29) is 6.17 Å². The molecule has 1 aliphatic heterocycles. The highest BCUT2D eigenvalue weighted by molar-refractivity contribution is 6.01. The fourth-order valence-electron chi connectivity index (χ4n) is 3.37. The molecule has 0 amide bonds. The number of nitrogens with zero attached hydrogens (tertiary/aromatic N) is 3. The zero-order valence-electron chi connectivity index (χ0n) is 16.6.